The molecule has 0 saturated heterocycles. The number of hydrogen-bond donors (Lipinski definition) is 2. The van der Waals surface area contributed by atoms with Gasteiger partial charge in [-0.15, -0.1) is 0 Å². The van der Waals surface area contributed by atoms with Crippen molar-refractivity contribution in [3.8, 4) is 11.6 Å². The van der Waals surface area contributed by atoms with Crippen LogP contribution in [-0.2, 0) is 16.1 Å². The summed E-state index contributed by atoms with van der Waals surface area (Å²) in [6.07, 6.45) is 1.40. The number of nitrogens with one attached hydrogen (secondary N) is 2. The van der Waals surface area contributed by atoms with Crippen molar-refractivity contribution in [2.45, 2.75) is 26.5 Å². The Bertz CT molecular complexity index is 1020. The van der Waals surface area contributed by atoms with E-state index in [2.05, 4.69) is 15.6 Å². The quantitative estimate of drug-likeness (QED) is 0.628. The number of pyridine rings is 1. The minimum Gasteiger partial charge on any atom is -0.491 e. The van der Waals surface area contributed by atoms with Gasteiger partial charge in [0.2, 0.25) is 5.88 Å². The van der Waals surface area contributed by atoms with Gasteiger partial charge in [-0.05, 0) is 36.8 Å². The fourth-order valence-electron chi connectivity index (χ4n) is 2.87. The molecule has 0 fully saturated rings. The molecule has 3 aromatic rings. The lowest BCUT2D eigenvalue weighted by Crippen LogP contribution is -2.35. The van der Waals surface area contributed by atoms with Crippen LogP contribution in [0, 0.1) is 0 Å². The van der Waals surface area contributed by atoms with E-state index >= 15 is 0 Å². The van der Waals surface area contributed by atoms with Crippen molar-refractivity contribution in [1.82, 2.24) is 10.3 Å². The molecule has 1 heterocycles. The van der Waals surface area contributed by atoms with Crippen molar-refractivity contribution in [2.75, 3.05) is 12.4 Å². The first-order chi connectivity index (χ1) is 14.0. The largest absolute Gasteiger partial charge is 0.491 e. The van der Waals surface area contributed by atoms with Gasteiger partial charge >= 0.3 is 11.8 Å². The van der Waals surface area contributed by atoms with Crippen LogP contribution in [0.4, 0.5) is 5.69 Å². The standard InChI is InChI=1S/C22H23N3O4/c1-14(2)29-19-10-8-15-6-4-5-7-17(15)18(19)13-24-21(26)22(27)25-16-9-11-20(28-3)23-12-16/h4-12,14H,13H2,1-3H3,(H,24,26)(H,25,27). The van der Waals surface area contributed by atoms with E-state index in [9.17, 15) is 9.59 Å². The van der Waals surface area contributed by atoms with Crippen LogP contribution in [0.15, 0.2) is 54.7 Å². The van der Waals surface area contributed by atoms with Gasteiger partial charge < -0.3 is 20.1 Å². The van der Waals surface area contributed by atoms with Gasteiger partial charge in [-0.1, -0.05) is 30.3 Å². The maximum absolute atomic E-state index is 12.3. The number of anilines is 1. The van der Waals surface area contributed by atoms with Gasteiger partial charge in [-0.2, -0.15) is 0 Å². The second-order valence-corrected chi connectivity index (χ2v) is 6.66. The summed E-state index contributed by atoms with van der Waals surface area (Å²) in [5, 5.41) is 7.18. The molecular formula is C22H23N3O4. The van der Waals surface area contributed by atoms with E-state index < -0.39 is 11.8 Å². The molecule has 0 aliphatic rings. The number of carbonyl (C=O) groups excluding carboxylic acids is 2. The number of methoxy groups -OCH3 is 1. The zero-order chi connectivity index (χ0) is 20.8. The van der Waals surface area contributed by atoms with Gasteiger partial charge in [0.25, 0.3) is 0 Å². The Morgan fingerprint density at radius 3 is 2.52 bits per heavy atom. The summed E-state index contributed by atoms with van der Waals surface area (Å²) in [6.45, 7) is 4.04. The molecule has 0 bridgehead atoms. The molecule has 29 heavy (non-hydrogen) atoms. The van der Waals surface area contributed by atoms with E-state index in [1.807, 2.05) is 50.2 Å². The zero-order valence-electron chi connectivity index (χ0n) is 16.6. The van der Waals surface area contributed by atoms with E-state index in [-0.39, 0.29) is 12.6 Å². The Morgan fingerprint density at radius 2 is 1.83 bits per heavy atom. The van der Waals surface area contributed by atoms with Gasteiger partial charge in [0.1, 0.15) is 5.75 Å². The van der Waals surface area contributed by atoms with Crippen LogP contribution in [0.2, 0.25) is 0 Å². The van der Waals surface area contributed by atoms with E-state index in [1.165, 1.54) is 13.3 Å². The highest BCUT2D eigenvalue weighted by Crippen LogP contribution is 2.28. The van der Waals surface area contributed by atoms with Gasteiger partial charge in [-0.25, -0.2) is 4.98 Å². The molecule has 0 saturated carbocycles. The SMILES string of the molecule is COc1ccc(NC(=O)C(=O)NCc2c(OC(C)C)ccc3ccccc23)cn1. The summed E-state index contributed by atoms with van der Waals surface area (Å²) in [5.74, 6) is -0.423. The van der Waals surface area contributed by atoms with E-state index in [0.717, 1.165) is 16.3 Å². The first kappa shape index (κ1) is 20.1. The predicted octanol–water partition coefficient (Wildman–Crippen LogP) is 3.29. The highest BCUT2D eigenvalue weighted by molar-refractivity contribution is 6.39. The van der Waals surface area contributed by atoms with Crippen molar-refractivity contribution < 1.29 is 19.1 Å². The van der Waals surface area contributed by atoms with Crippen molar-refractivity contribution in [3.63, 3.8) is 0 Å². The highest BCUT2D eigenvalue weighted by Gasteiger charge is 2.16. The summed E-state index contributed by atoms with van der Waals surface area (Å²) in [4.78, 5) is 28.5. The number of hydrogen-bond acceptors (Lipinski definition) is 5. The smallest absolute Gasteiger partial charge is 0.313 e. The van der Waals surface area contributed by atoms with Gasteiger partial charge in [0.15, 0.2) is 0 Å². The van der Waals surface area contributed by atoms with E-state index in [4.69, 9.17) is 9.47 Å². The molecule has 2 amide bonds. The summed E-state index contributed by atoms with van der Waals surface area (Å²) in [5.41, 5.74) is 1.23. The number of ether oxygens (including phenoxy) is 2. The molecule has 2 aromatic carbocycles. The Balaban J connectivity index is 1.73. The van der Waals surface area contributed by atoms with Gasteiger partial charge in [0, 0.05) is 18.2 Å². The summed E-state index contributed by atoms with van der Waals surface area (Å²) in [7, 11) is 1.50. The third-order valence-corrected chi connectivity index (χ3v) is 4.20. The number of benzene rings is 2. The van der Waals surface area contributed by atoms with Gasteiger partial charge in [0.05, 0.1) is 25.1 Å². The number of rotatable bonds is 6. The summed E-state index contributed by atoms with van der Waals surface area (Å²) < 4.78 is 10.9. The molecule has 1 aromatic heterocycles. The van der Waals surface area contributed by atoms with Crippen LogP contribution in [0.3, 0.4) is 0 Å². The third-order valence-electron chi connectivity index (χ3n) is 4.20. The molecule has 3 rings (SSSR count). The lowest BCUT2D eigenvalue weighted by atomic mass is 10.0. The van der Waals surface area contributed by atoms with Crippen molar-refractivity contribution in [2.24, 2.45) is 0 Å². The monoisotopic (exact) mass is 393 g/mol. The van der Waals surface area contributed by atoms with Crippen molar-refractivity contribution in [3.05, 3.63) is 60.3 Å². The predicted molar refractivity (Wildman–Crippen MR) is 111 cm³/mol. The molecule has 7 heteroatoms. The van der Waals surface area contributed by atoms with Crippen LogP contribution in [0.25, 0.3) is 10.8 Å². The molecule has 0 unspecified atom stereocenters. The fraction of sp³-hybridized carbons (Fsp3) is 0.227. The normalized spacial score (nSPS) is 10.6. The molecule has 0 spiro atoms. The lowest BCUT2D eigenvalue weighted by molar-refractivity contribution is -0.136. The molecule has 0 aliphatic carbocycles. The average Bonchev–Trinajstić information content (AvgIpc) is 2.72. The second kappa shape index (κ2) is 9.05. The third kappa shape index (κ3) is 5.01. The van der Waals surface area contributed by atoms with Crippen LogP contribution in [0.5, 0.6) is 11.6 Å². The van der Waals surface area contributed by atoms with Crippen LogP contribution < -0.4 is 20.1 Å². The Hall–Kier alpha value is -3.61. The molecule has 0 atom stereocenters. The number of amides is 2. The molecule has 0 radical (unpaired) electrons. The maximum atomic E-state index is 12.3. The van der Waals surface area contributed by atoms with Gasteiger partial charge in [-0.3, -0.25) is 9.59 Å². The lowest BCUT2D eigenvalue weighted by Gasteiger charge is -2.17. The highest BCUT2D eigenvalue weighted by atomic mass is 16.5. The Kier molecular flexibility index (Phi) is 6.29. The number of carbonyl (C=O) groups is 2. The minimum absolute atomic E-state index is 0.0171. The zero-order valence-corrected chi connectivity index (χ0v) is 16.6. The first-order valence-corrected chi connectivity index (χ1v) is 9.24. The van der Waals surface area contributed by atoms with Crippen LogP contribution in [0.1, 0.15) is 19.4 Å². The fourth-order valence-corrected chi connectivity index (χ4v) is 2.87. The van der Waals surface area contributed by atoms with E-state index in [0.29, 0.717) is 17.3 Å². The molecule has 0 aliphatic heterocycles. The first-order valence-electron chi connectivity index (χ1n) is 9.24. The summed E-state index contributed by atoms with van der Waals surface area (Å²) in [6, 6.07) is 14.9. The van der Waals surface area contributed by atoms with E-state index in [1.54, 1.807) is 12.1 Å². The molecule has 2 N–H and O–H groups in total. The number of fused-ring (bicyclic) bond motifs is 1. The maximum Gasteiger partial charge on any atom is 0.313 e. The Labute approximate surface area is 169 Å². The summed E-state index contributed by atoms with van der Waals surface area (Å²) >= 11 is 0. The van der Waals surface area contributed by atoms with Crippen LogP contribution in [-0.4, -0.2) is 30.0 Å². The Morgan fingerprint density at radius 1 is 1.03 bits per heavy atom. The molecule has 150 valence electrons. The van der Waals surface area contributed by atoms with Crippen molar-refractivity contribution >= 4 is 28.3 Å². The topological polar surface area (TPSA) is 89.5 Å². The molecule has 7 nitrogen and oxygen atoms in total. The second-order valence-electron chi connectivity index (χ2n) is 6.66. The number of aromatic nitrogens is 1. The molecular weight excluding hydrogens is 370 g/mol. The number of nitrogens with zero attached hydrogens (tertiary/aromatic N) is 1. The van der Waals surface area contributed by atoms with Crippen molar-refractivity contribution in [1.29, 1.82) is 0 Å². The van der Waals surface area contributed by atoms with Crippen LogP contribution >= 0.6 is 0 Å². The average molecular weight is 393 g/mol. The minimum atomic E-state index is -0.775.